The van der Waals surface area contributed by atoms with Crippen LogP contribution >= 0.6 is 0 Å². The summed E-state index contributed by atoms with van der Waals surface area (Å²) in [4.78, 5) is 0. The van der Waals surface area contributed by atoms with Crippen LogP contribution in [-0.4, -0.2) is 15.4 Å². The Morgan fingerprint density at radius 2 is 0.889 bits per heavy atom. The molecule has 1 heteroatoms. The van der Waals surface area contributed by atoms with Crippen molar-refractivity contribution in [2.75, 3.05) is 0 Å². The maximum absolute atomic E-state index is 2.35. The van der Waals surface area contributed by atoms with E-state index in [1.165, 1.54) is 0 Å². The fourth-order valence-corrected chi connectivity index (χ4v) is 5.85. The summed E-state index contributed by atoms with van der Waals surface area (Å²) in [6.07, 6.45) is 0. The van der Waals surface area contributed by atoms with Gasteiger partial charge in [0.15, 0.2) is 0 Å². The van der Waals surface area contributed by atoms with E-state index in [9.17, 15) is 0 Å². The molecule has 0 atom stereocenters. The van der Waals surface area contributed by atoms with Gasteiger partial charge >= 0.3 is 65.5 Å². The summed E-state index contributed by atoms with van der Waals surface area (Å²) >= 11 is 0.208. The van der Waals surface area contributed by atoms with Gasteiger partial charge in [0.1, 0.15) is 0 Å². The van der Waals surface area contributed by atoms with E-state index in [-0.39, 0.29) is 15.4 Å². The monoisotopic (exact) mass is 188 g/mol. The van der Waals surface area contributed by atoms with Gasteiger partial charge in [0.25, 0.3) is 0 Å². The Labute approximate surface area is 65.9 Å². The average Bonchev–Trinajstić information content (AvgIpc) is 1.14. The van der Waals surface area contributed by atoms with Gasteiger partial charge in [-0.25, -0.2) is 0 Å². The van der Waals surface area contributed by atoms with E-state index in [0.717, 1.165) is 0 Å². The molecule has 0 N–H and O–H groups in total. The molecule has 0 aromatic heterocycles. The second kappa shape index (κ2) is 2.65. The third-order valence-electron chi connectivity index (χ3n) is 0.750. The molecule has 0 rings (SSSR count). The van der Waals surface area contributed by atoms with Crippen molar-refractivity contribution < 1.29 is 0 Å². The van der Waals surface area contributed by atoms with Crippen LogP contribution in [0.15, 0.2) is 0 Å². The molecular weight excluding hydrogens is 169 g/mol. The van der Waals surface area contributed by atoms with E-state index < -0.39 is 0 Å². The number of hydrogen-bond donors (Lipinski definition) is 0. The Hall–Kier alpha value is 0.543. The van der Waals surface area contributed by atoms with Crippen molar-refractivity contribution in [3.63, 3.8) is 0 Å². The minimum atomic E-state index is 0.208. The van der Waals surface area contributed by atoms with Crippen LogP contribution in [0.4, 0.5) is 0 Å². The third-order valence-corrected chi connectivity index (χ3v) is 3.90. The molecule has 0 nitrogen and oxygen atoms in total. The van der Waals surface area contributed by atoms with E-state index in [2.05, 4.69) is 41.5 Å². The molecule has 0 aliphatic rings. The molecule has 0 saturated carbocycles. The Morgan fingerprint density at radius 1 is 0.667 bits per heavy atom. The topological polar surface area (TPSA) is 0 Å². The summed E-state index contributed by atoms with van der Waals surface area (Å²) in [6.45, 7) is 14.1. The Morgan fingerprint density at radius 3 is 0.889 bits per heavy atom. The Bertz CT molecular complexity index is 69.7. The van der Waals surface area contributed by atoms with Crippen LogP contribution in [0.3, 0.4) is 0 Å². The number of hydrogen-bond acceptors (Lipinski definition) is 0. The summed E-state index contributed by atoms with van der Waals surface area (Å²) in [5.74, 6) is 0. The molecule has 9 heavy (non-hydrogen) atoms. The number of rotatable bonds is 0. The van der Waals surface area contributed by atoms with Gasteiger partial charge in [0, 0.05) is 0 Å². The third kappa shape index (κ3) is 8.54. The molecule has 0 spiro atoms. The van der Waals surface area contributed by atoms with E-state index in [0.29, 0.717) is 8.49 Å². The summed E-state index contributed by atoms with van der Waals surface area (Å²) in [5, 5.41) is 0. The van der Waals surface area contributed by atoms with Gasteiger partial charge < -0.3 is 0 Å². The van der Waals surface area contributed by atoms with Crippen molar-refractivity contribution in [3.8, 4) is 0 Å². The second-order valence-electron chi connectivity index (χ2n) is 4.62. The van der Waals surface area contributed by atoms with E-state index in [1.807, 2.05) is 0 Å². The van der Waals surface area contributed by atoms with Gasteiger partial charge in [0.2, 0.25) is 0 Å². The van der Waals surface area contributed by atoms with Gasteiger partial charge in [-0.3, -0.25) is 0 Å². The van der Waals surface area contributed by atoms with Crippen LogP contribution in [0.25, 0.3) is 0 Å². The van der Waals surface area contributed by atoms with Gasteiger partial charge in [-0.15, -0.1) is 0 Å². The maximum atomic E-state index is 2.35. The van der Waals surface area contributed by atoms with Crippen molar-refractivity contribution in [2.24, 2.45) is 0 Å². The zero-order valence-corrected chi connectivity index (χ0v) is 9.60. The molecule has 0 amide bonds. The molecule has 0 aliphatic carbocycles. The van der Waals surface area contributed by atoms with E-state index in [4.69, 9.17) is 0 Å². The predicted molar refractivity (Wildman–Crippen MR) is 45.2 cm³/mol. The molecule has 2 radical (unpaired) electrons. The van der Waals surface area contributed by atoms with Crippen LogP contribution in [0, 0.1) is 0 Å². The first-order valence-corrected chi connectivity index (χ1v) is 5.60. The van der Waals surface area contributed by atoms with Crippen molar-refractivity contribution >= 4 is 15.4 Å². The first-order valence-electron chi connectivity index (χ1n) is 3.50. The average molecular weight is 187 g/mol. The molecule has 0 aromatic rings. The van der Waals surface area contributed by atoms with Crippen molar-refractivity contribution in [1.29, 1.82) is 0 Å². The van der Waals surface area contributed by atoms with Crippen molar-refractivity contribution in [2.45, 2.75) is 50.0 Å². The molecule has 0 heterocycles. The summed E-state index contributed by atoms with van der Waals surface area (Å²) in [5.41, 5.74) is 0. The fraction of sp³-hybridized carbons (Fsp3) is 1.00. The molecular formula is C8H18Ge. The summed E-state index contributed by atoms with van der Waals surface area (Å²) in [7, 11) is 0. The van der Waals surface area contributed by atoms with Crippen LogP contribution < -0.4 is 0 Å². The van der Waals surface area contributed by atoms with Crippen molar-refractivity contribution in [1.82, 2.24) is 0 Å². The first kappa shape index (κ1) is 9.54. The predicted octanol–water partition coefficient (Wildman–Crippen LogP) is 3.13. The van der Waals surface area contributed by atoms with Crippen LogP contribution in [0.5, 0.6) is 0 Å². The fourth-order valence-electron chi connectivity index (χ4n) is 1.12. The SMILES string of the molecule is C[C](C)(C)[Ge][C](C)(C)C. The normalized spacial score (nSPS) is 14.0. The zero-order valence-electron chi connectivity index (χ0n) is 7.50. The Kier molecular flexibility index (Phi) is 2.81. The van der Waals surface area contributed by atoms with Crippen LogP contribution in [0.1, 0.15) is 41.5 Å². The van der Waals surface area contributed by atoms with Gasteiger partial charge in [0.05, 0.1) is 0 Å². The molecule has 0 aromatic carbocycles. The standard InChI is InChI=1S/C8H18Ge/c1-7(2,3)9-8(4,5)6/h1-6H3. The second-order valence-corrected chi connectivity index (χ2v) is 11.4. The van der Waals surface area contributed by atoms with Crippen LogP contribution in [0.2, 0.25) is 8.49 Å². The molecule has 0 unspecified atom stereocenters. The summed E-state index contributed by atoms with van der Waals surface area (Å²) < 4.78 is 1.22. The van der Waals surface area contributed by atoms with Gasteiger partial charge in [-0.1, -0.05) is 0 Å². The quantitative estimate of drug-likeness (QED) is 0.511. The van der Waals surface area contributed by atoms with Gasteiger partial charge in [-0.2, -0.15) is 0 Å². The molecule has 0 bridgehead atoms. The first-order chi connectivity index (χ1) is 3.71. The molecule has 0 fully saturated rings. The zero-order chi connectivity index (χ0) is 7.71. The molecule has 0 aliphatic heterocycles. The van der Waals surface area contributed by atoms with Crippen molar-refractivity contribution in [3.05, 3.63) is 0 Å². The van der Waals surface area contributed by atoms with Crippen LogP contribution in [-0.2, 0) is 0 Å². The van der Waals surface area contributed by atoms with E-state index in [1.54, 1.807) is 0 Å². The Balaban J connectivity index is 3.75. The molecule has 54 valence electrons. The molecule has 0 saturated heterocycles. The summed E-state index contributed by atoms with van der Waals surface area (Å²) in [6, 6.07) is 0. The van der Waals surface area contributed by atoms with E-state index >= 15 is 0 Å². The van der Waals surface area contributed by atoms with Gasteiger partial charge in [-0.05, 0) is 0 Å². The minimum absolute atomic E-state index is 0.208.